The van der Waals surface area contributed by atoms with Gasteiger partial charge in [0.15, 0.2) is 5.82 Å². The molecule has 1 saturated heterocycles. The van der Waals surface area contributed by atoms with Crippen molar-refractivity contribution in [2.75, 3.05) is 6.61 Å². The fraction of sp³-hybridized carbons (Fsp3) is 0.400. The van der Waals surface area contributed by atoms with Crippen LogP contribution in [-0.2, 0) is 24.2 Å². The van der Waals surface area contributed by atoms with Crippen LogP contribution < -0.4 is 10.9 Å². The van der Waals surface area contributed by atoms with Gasteiger partial charge in [0.1, 0.15) is 5.56 Å². The van der Waals surface area contributed by atoms with Gasteiger partial charge in [-0.3, -0.25) is 9.59 Å². The Labute approximate surface area is 171 Å². The van der Waals surface area contributed by atoms with Gasteiger partial charge >= 0.3 is 0 Å². The molecule has 3 aromatic heterocycles. The lowest BCUT2D eigenvalue weighted by molar-refractivity contribution is 0.0925. The molecule has 4 rings (SSSR count). The van der Waals surface area contributed by atoms with Crippen molar-refractivity contribution in [3.05, 3.63) is 67.8 Å². The first kappa shape index (κ1) is 19.5. The number of carbonyl (C=O) groups excluding carboxylic acids is 1. The van der Waals surface area contributed by atoms with Gasteiger partial charge in [0.2, 0.25) is 5.89 Å². The molecule has 152 valence electrons. The van der Waals surface area contributed by atoms with Gasteiger partial charge in [-0.15, -0.1) is 11.3 Å². The van der Waals surface area contributed by atoms with Crippen molar-refractivity contribution in [3.8, 4) is 0 Å². The molecule has 1 amide bonds. The SMILES string of the molecule is Cc1ccn(CC2CCCO2)c(=O)c1C(=O)NCc1nc(Cc2cccs2)no1. The number of ether oxygens (including phenoxy) is 1. The number of rotatable bonds is 7. The second-order valence-electron chi connectivity index (χ2n) is 7.01. The van der Waals surface area contributed by atoms with E-state index in [0.717, 1.165) is 24.3 Å². The highest BCUT2D eigenvalue weighted by molar-refractivity contribution is 7.09. The number of nitrogens with one attached hydrogen (secondary N) is 1. The van der Waals surface area contributed by atoms with E-state index in [9.17, 15) is 9.59 Å². The summed E-state index contributed by atoms with van der Waals surface area (Å²) >= 11 is 1.62. The molecule has 1 unspecified atom stereocenters. The van der Waals surface area contributed by atoms with Crippen molar-refractivity contribution < 1.29 is 14.1 Å². The Morgan fingerprint density at radius 2 is 2.31 bits per heavy atom. The maximum atomic E-state index is 12.8. The smallest absolute Gasteiger partial charge is 0.263 e. The van der Waals surface area contributed by atoms with Crippen LogP contribution in [0.2, 0.25) is 0 Å². The number of thiophene rings is 1. The van der Waals surface area contributed by atoms with Crippen molar-refractivity contribution in [1.29, 1.82) is 0 Å². The minimum atomic E-state index is -0.452. The first-order valence-corrected chi connectivity index (χ1v) is 10.4. The van der Waals surface area contributed by atoms with E-state index in [1.165, 1.54) is 0 Å². The van der Waals surface area contributed by atoms with Crippen LogP contribution in [0.5, 0.6) is 0 Å². The summed E-state index contributed by atoms with van der Waals surface area (Å²) in [6, 6.07) is 5.74. The van der Waals surface area contributed by atoms with Gasteiger partial charge in [-0.25, -0.2) is 0 Å². The van der Waals surface area contributed by atoms with Crippen LogP contribution in [0.4, 0.5) is 0 Å². The zero-order valence-electron chi connectivity index (χ0n) is 16.1. The maximum absolute atomic E-state index is 12.8. The highest BCUT2D eigenvalue weighted by Gasteiger charge is 2.20. The molecule has 0 bridgehead atoms. The molecule has 3 aromatic rings. The van der Waals surface area contributed by atoms with E-state index in [0.29, 0.717) is 30.2 Å². The third-order valence-corrected chi connectivity index (χ3v) is 5.72. The third-order valence-electron chi connectivity index (χ3n) is 4.85. The van der Waals surface area contributed by atoms with Crippen LogP contribution in [0, 0.1) is 6.92 Å². The van der Waals surface area contributed by atoms with E-state index in [-0.39, 0.29) is 23.8 Å². The monoisotopic (exact) mass is 414 g/mol. The molecular weight excluding hydrogens is 392 g/mol. The van der Waals surface area contributed by atoms with E-state index in [4.69, 9.17) is 9.26 Å². The Morgan fingerprint density at radius 3 is 3.07 bits per heavy atom. The van der Waals surface area contributed by atoms with Crippen LogP contribution in [0.15, 0.2) is 39.1 Å². The van der Waals surface area contributed by atoms with Crippen molar-refractivity contribution in [2.45, 2.75) is 45.4 Å². The van der Waals surface area contributed by atoms with Crippen molar-refractivity contribution >= 4 is 17.2 Å². The summed E-state index contributed by atoms with van der Waals surface area (Å²) in [6.07, 6.45) is 4.24. The fourth-order valence-corrected chi connectivity index (χ4v) is 4.04. The molecule has 8 nitrogen and oxygen atoms in total. The molecular formula is C20H22N4O4S. The highest BCUT2D eigenvalue weighted by atomic mass is 32.1. The molecule has 29 heavy (non-hydrogen) atoms. The predicted octanol–water partition coefficient (Wildman–Crippen LogP) is 2.30. The average molecular weight is 414 g/mol. The zero-order valence-corrected chi connectivity index (χ0v) is 16.9. The Kier molecular flexibility index (Phi) is 5.86. The Hall–Kier alpha value is -2.78. The number of aryl methyl sites for hydroxylation is 1. The molecule has 1 aliphatic heterocycles. The molecule has 0 aliphatic carbocycles. The Balaban J connectivity index is 1.41. The van der Waals surface area contributed by atoms with Crippen LogP contribution in [0.25, 0.3) is 0 Å². The van der Waals surface area contributed by atoms with E-state index in [1.54, 1.807) is 35.1 Å². The molecule has 1 atom stereocenters. The largest absolute Gasteiger partial charge is 0.376 e. The van der Waals surface area contributed by atoms with Gasteiger partial charge in [0.05, 0.1) is 19.2 Å². The first-order valence-electron chi connectivity index (χ1n) is 9.54. The van der Waals surface area contributed by atoms with Crippen LogP contribution in [0.1, 0.15) is 45.4 Å². The molecule has 1 fully saturated rings. The van der Waals surface area contributed by atoms with Gasteiger partial charge in [-0.05, 0) is 42.8 Å². The highest BCUT2D eigenvalue weighted by Crippen LogP contribution is 2.14. The Bertz CT molecular complexity index is 1040. The van der Waals surface area contributed by atoms with Crippen molar-refractivity contribution in [3.63, 3.8) is 0 Å². The molecule has 1 N–H and O–H groups in total. The fourth-order valence-electron chi connectivity index (χ4n) is 3.34. The number of aromatic nitrogens is 3. The lowest BCUT2D eigenvalue weighted by atomic mass is 10.1. The number of carbonyl (C=O) groups is 1. The number of pyridine rings is 1. The zero-order chi connectivity index (χ0) is 20.2. The van der Waals surface area contributed by atoms with Crippen molar-refractivity contribution in [2.24, 2.45) is 0 Å². The van der Waals surface area contributed by atoms with E-state index in [1.807, 2.05) is 17.5 Å². The molecule has 0 radical (unpaired) electrons. The molecule has 1 aliphatic rings. The van der Waals surface area contributed by atoms with Gasteiger partial charge < -0.3 is 19.1 Å². The van der Waals surface area contributed by atoms with E-state index < -0.39 is 5.91 Å². The number of nitrogens with zero attached hydrogens (tertiary/aromatic N) is 3. The Morgan fingerprint density at radius 1 is 1.41 bits per heavy atom. The summed E-state index contributed by atoms with van der Waals surface area (Å²) in [5, 5.41) is 8.64. The summed E-state index contributed by atoms with van der Waals surface area (Å²) in [6.45, 7) is 2.99. The standard InChI is InChI=1S/C20H22N4O4S/c1-13-6-7-24(12-14-4-2-8-27-14)20(26)18(13)19(25)21-11-17-22-16(23-28-17)10-15-5-3-9-29-15/h3,5-7,9,14H,2,4,8,10-12H2,1H3,(H,21,25). The van der Waals surface area contributed by atoms with Gasteiger partial charge in [0.25, 0.3) is 11.5 Å². The quantitative estimate of drug-likeness (QED) is 0.637. The average Bonchev–Trinajstić information content (AvgIpc) is 3.46. The minimum absolute atomic E-state index is 0.0199. The number of hydrogen-bond donors (Lipinski definition) is 1. The van der Waals surface area contributed by atoms with Crippen molar-refractivity contribution in [1.82, 2.24) is 20.0 Å². The van der Waals surface area contributed by atoms with Gasteiger partial charge in [0, 0.05) is 24.1 Å². The maximum Gasteiger partial charge on any atom is 0.263 e. The summed E-state index contributed by atoms with van der Waals surface area (Å²) in [4.78, 5) is 30.9. The van der Waals surface area contributed by atoms with Crippen LogP contribution in [0.3, 0.4) is 0 Å². The summed E-state index contributed by atoms with van der Waals surface area (Å²) in [5.74, 6) is 0.414. The molecule has 9 heteroatoms. The minimum Gasteiger partial charge on any atom is -0.376 e. The van der Waals surface area contributed by atoms with Crippen LogP contribution in [-0.4, -0.2) is 33.3 Å². The number of amides is 1. The molecule has 0 saturated carbocycles. The first-order chi connectivity index (χ1) is 14.1. The topological polar surface area (TPSA) is 99.2 Å². The summed E-state index contributed by atoms with van der Waals surface area (Å²) in [5.41, 5.74) is 0.436. The summed E-state index contributed by atoms with van der Waals surface area (Å²) < 4.78 is 12.3. The lowest BCUT2D eigenvalue weighted by Crippen LogP contribution is -2.35. The third kappa shape index (κ3) is 4.63. The van der Waals surface area contributed by atoms with Gasteiger partial charge in [-0.1, -0.05) is 11.2 Å². The summed E-state index contributed by atoms with van der Waals surface area (Å²) in [7, 11) is 0. The second-order valence-corrected chi connectivity index (χ2v) is 8.04. The predicted molar refractivity (Wildman–Crippen MR) is 107 cm³/mol. The van der Waals surface area contributed by atoms with Gasteiger partial charge in [-0.2, -0.15) is 4.98 Å². The van der Waals surface area contributed by atoms with Crippen LogP contribution >= 0.6 is 11.3 Å². The van der Waals surface area contributed by atoms with E-state index in [2.05, 4.69) is 15.5 Å². The molecule has 0 aromatic carbocycles. The second kappa shape index (κ2) is 8.71. The molecule has 4 heterocycles. The van der Waals surface area contributed by atoms with E-state index >= 15 is 0 Å². The number of hydrogen-bond acceptors (Lipinski definition) is 7. The lowest BCUT2D eigenvalue weighted by Gasteiger charge is -2.14. The molecule has 0 spiro atoms. The normalized spacial score (nSPS) is 16.2.